The Labute approximate surface area is 121 Å². The summed E-state index contributed by atoms with van der Waals surface area (Å²) >= 11 is 0. The third-order valence-corrected chi connectivity index (χ3v) is 3.78. The summed E-state index contributed by atoms with van der Waals surface area (Å²) in [6, 6.07) is 7.69. The highest BCUT2D eigenvalue weighted by Crippen LogP contribution is 2.09. The van der Waals surface area contributed by atoms with Crippen LogP contribution in [0.15, 0.2) is 24.3 Å². The Kier molecular flexibility index (Phi) is 5.56. The second-order valence-electron chi connectivity index (χ2n) is 5.64. The number of nitrogens with one attached hydrogen (secondary N) is 1. The molecule has 1 aliphatic heterocycles. The second kappa shape index (κ2) is 7.41. The molecule has 1 unspecified atom stereocenters. The van der Waals surface area contributed by atoms with Gasteiger partial charge in [0.05, 0.1) is 0 Å². The molecule has 1 fully saturated rings. The Hall–Kier alpha value is -1.39. The zero-order valence-electron chi connectivity index (χ0n) is 12.3. The van der Waals surface area contributed by atoms with Crippen LogP contribution in [0.25, 0.3) is 0 Å². The van der Waals surface area contributed by atoms with Crippen LogP contribution < -0.4 is 11.1 Å². The molecule has 2 rings (SSSR count). The van der Waals surface area contributed by atoms with Crippen molar-refractivity contribution in [2.75, 3.05) is 19.6 Å². The van der Waals surface area contributed by atoms with Crippen molar-refractivity contribution in [3.8, 4) is 0 Å². The van der Waals surface area contributed by atoms with Gasteiger partial charge < -0.3 is 16.0 Å². The minimum atomic E-state index is -0.00944. The van der Waals surface area contributed by atoms with E-state index in [2.05, 4.69) is 17.1 Å². The predicted octanol–water partition coefficient (Wildman–Crippen LogP) is 1.75. The molecule has 4 nitrogen and oxygen atoms in total. The average Bonchev–Trinajstić information content (AvgIpc) is 2.48. The number of rotatable bonds is 5. The van der Waals surface area contributed by atoms with E-state index >= 15 is 0 Å². The molecule has 1 aromatic carbocycles. The molecule has 1 aromatic rings. The lowest BCUT2D eigenvalue weighted by molar-refractivity contribution is 0.0925. The minimum absolute atomic E-state index is 0.00944. The molecule has 0 aliphatic carbocycles. The molecule has 4 heteroatoms. The van der Waals surface area contributed by atoms with Crippen LogP contribution in [0.4, 0.5) is 0 Å². The Morgan fingerprint density at radius 1 is 1.35 bits per heavy atom. The zero-order valence-corrected chi connectivity index (χ0v) is 12.3. The lowest BCUT2D eigenvalue weighted by Crippen LogP contribution is -2.43. The molecule has 0 bridgehead atoms. The SMILES string of the molecule is CC(CN1CCCCC1)NC(=O)c1cccc(CN)c1. The van der Waals surface area contributed by atoms with Crippen molar-refractivity contribution in [1.29, 1.82) is 0 Å². The van der Waals surface area contributed by atoms with Crippen LogP contribution in [0.2, 0.25) is 0 Å². The molecule has 0 spiro atoms. The van der Waals surface area contributed by atoms with Gasteiger partial charge >= 0.3 is 0 Å². The fourth-order valence-electron chi connectivity index (χ4n) is 2.72. The van der Waals surface area contributed by atoms with E-state index in [1.807, 2.05) is 24.3 Å². The van der Waals surface area contributed by atoms with Crippen LogP contribution in [-0.4, -0.2) is 36.5 Å². The van der Waals surface area contributed by atoms with E-state index in [4.69, 9.17) is 5.73 Å². The van der Waals surface area contributed by atoms with Gasteiger partial charge in [-0.05, 0) is 50.6 Å². The molecule has 20 heavy (non-hydrogen) atoms. The maximum atomic E-state index is 12.2. The highest BCUT2D eigenvalue weighted by Gasteiger charge is 2.15. The first-order valence-corrected chi connectivity index (χ1v) is 7.51. The Bertz CT molecular complexity index is 441. The summed E-state index contributed by atoms with van der Waals surface area (Å²) in [4.78, 5) is 14.6. The molecule has 0 saturated carbocycles. The van der Waals surface area contributed by atoms with Crippen molar-refractivity contribution in [3.05, 3.63) is 35.4 Å². The summed E-state index contributed by atoms with van der Waals surface area (Å²) in [5.74, 6) is -0.00944. The van der Waals surface area contributed by atoms with E-state index in [9.17, 15) is 4.79 Å². The Morgan fingerprint density at radius 3 is 2.80 bits per heavy atom. The van der Waals surface area contributed by atoms with E-state index in [1.165, 1.54) is 19.3 Å². The molecule has 1 aliphatic rings. The van der Waals surface area contributed by atoms with Crippen molar-refractivity contribution in [2.24, 2.45) is 5.73 Å². The molecule has 110 valence electrons. The molecule has 0 radical (unpaired) electrons. The number of carbonyl (C=O) groups excluding carboxylic acids is 1. The van der Waals surface area contributed by atoms with Gasteiger partial charge in [0, 0.05) is 24.7 Å². The van der Waals surface area contributed by atoms with Crippen molar-refractivity contribution in [2.45, 2.75) is 38.8 Å². The summed E-state index contributed by atoms with van der Waals surface area (Å²) in [5.41, 5.74) is 7.29. The zero-order chi connectivity index (χ0) is 14.4. The van der Waals surface area contributed by atoms with Gasteiger partial charge in [0.1, 0.15) is 0 Å². The smallest absolute Gasteiger partial charge is 0.251 e. The number of hydrogen-bond donors (Lipinski definition) is 2. The van der Waals surface area contributed by atoms with Crippen LogP contribution in [0, 0.1) is 0 Å². The summed E-state index contributed by atoms with van der Waals surface area (Å²) in [6.07, 6.45) is 3.89. The Morgan fingerprint density at radius 2 is 2.10 bits per heavy atom. The lowest BCUT2D eigenvalue weighted by atomic mass is 10.1. The highest BCUT2D eigenvalue weighted by molar-refractivity contribution is 5.94. The van der Waals surface area contributed by atoms with Gasteiger partial charge in [-0.2, -0.15) is 0 Å². The second-order valence-corrected chi connectivity index (χ2v) is 5.64. The number of nitrogens with zero attached hydrogens (tertiary/aromatic N) is 1. The maximum Gasteiger partial charge on any atom is 0.251 e. The van der Waals surface area contributed by atoms with Gasteiger partial charge in [-0.25, -0.2) is 0 Å². The van der Waals surface area contributed by atoms with Crippen LogP contribution in [0.1, 0.15) is 42.1 Å². The topological polar surface area (TPSA) is 58.4 Å². The molecule has 1 atom stereocenters. The predicted molar refractivity (Wildman–Crippen MR) is 81.6 cm³/mol. The fourth-order valence-corrected chi connectivity index (χ4v) is 2.72. The fraction of sp³-hybridized carbons (Fsp3) is 0.562. The van der Waals surface area contributed by atoms with Gasteiger partial charge in [0.2, 0.25) is 0 Å². The normalized spacial score (nSPS) is 17.7. The van der Waals surface area contributed by atoms with Crippen molar-refractivity contribution >= 4 is 5.91 Å². The monoisotopic (exact) mass is 275 g/mol. The number of nitrogens with two attached hydrogens (primary N) is 1. The van der Waals surface area contributed by atoms with Crippen LogP contribution in [-0.2, 0) is 6.54 Å². The van der Waals surface area contributed by atoms with E-state index in [-0.39, 0.29) is 11.9 Å². The van der Waals surface area contributed by atoms with E-state index in [0.29, 0.717) is 12.1 Å². The number of benzene rings is 1. The average molecular weight is 275 g/mol. The van der Waals surface area contributed by atoms with E-state index < -0.39 is 0 Å². The standard InChI is InChI=1S/C16H25N3O/c1-13(12-19-8-3-2-4-9-19)18-16(20)15-7-5-6-14(10-15)11-17/h5-7,10,13H,2-4,8-9,11-12,17H2,1H3,(H,18,20). The third kappa shape index (κ3) is 4.32. The van der Waals surface area contributed by atoms with Crippen molar-refractivity contribution < 1.29 is 4.79 Å². The van der Waals surface area contributed by atoms with Crippen LogP contribution in [0.5, 0.6) is 0 Å². The molecule has 1 heterocycles. The summed E-state index contributed by atoms with van der Waals surface area (Å²) < 4.78 is 0. The summed E-state index contributed by atoms with van der Waals surface area (Å²) in [5, 5.41) is 3.07. The largest absolute Gasteiger partial charge is 0.348 e. The first-order chi connectivity index (χ1) is 9.69. The Balaban J connectivity index is 1.86. The quantitative estimate of drug-likeness (QED) is 0.860. The van der Waals surface area contributed by atoms with Gasteiger partial charge in [0.25, 0.3) is 5.91 Å². The van der Waals surface area contributed by atoms with Crippen molar-refractivity contribution in [1.82, 2.24) is 10.2 Å². The molecular formula is C16H25N3O. The molecule has 0 aromatic heterocycles. The lowest BCUT2D eigenvalue weighted by Gasteiger charge is -2.29. The number of carbonyl (C=O) groups is 1. The highest BCUT2D eigenvalue weighted by atomic mass is 16.1. The van der Waals surface area contributed by atoms with Crippen LogP contribution in [0.3, 0.4) is 0 Å². The number of hydrogen-bond acceptors (Lipinski definition) is 3. The first-order valence-electron chi connectivity index (χ1n) is 7.51. The number of piperidine rings is 1. The van der Waals surface area contributed by atoms with Crippen molar-refractivity contribution in [3.63, 3.8) is 0 Å². The molecular weight excluding hydrogens is 250 g/mol. The minimum Gasteiger partial charge on any atom is -0.348 e. The van der Waals surface area contributed by atoms with Gasteiger partial charge in [0.15, 0.2) is 0 Å². The maximum absolute atomic E-state index is 12.2. The van der Waals surface area contributed by atoms with E-state index in [1.54, 1.807) is 0 Å². The first kappa shape index (κ1) is 15.0. The van der Waals surface area contributed by atoms with Gasteiger partial charge in [-0.1, -0.05) is 18.6 Å². The molecule has 1 amide bonds. The van der Waals surface area contributed by atoms with Gasteiger partial charge in [-0.3, -0.25) is 4.79 Å². The van der Waals surface area contributed by atoms with Gasteiger partial charge in [-0.15, -0.1) is 0 Å². The number of amides is 1. The van der Waals surface area contributed by atoms with E-state index in [0.717, 1.165) is 25.2 Å². The number of likely N-dealkylation sites (tertiary alicyclic amines) is 1. The summed E-state index contributed by atoms with van der Waals surface area (Å²) in [7, 11) is 0. The molecule has 3 N–H and O–H groups in total. The van der Waals surface area contributed by atoms with Crippen LogP contribution >= 0.6 is 0 Å². The third-order valence-electron chi connectivity index (χ3n) is 3.78. The molecule has 1 saturated heterocycles. The summed E-state index contributed by atoms with van der Waals surface area (Å²) in [6.45, 7) is 5.78.